The normalized spacial score (nSPS) is 13.5. The quantitative estimate of drug-likeness (QED) is 0.345. The molecular formula is C23H19N. The maximum atomic E-state index is 2.44. The minimum Gasteiger partial charge on any atom is -0.313 e. The number of para-hydroxylation sites is 1. The standard InChI is InChI=1S/C23H19N/c1-3-15(2)24-22-11-7-6-10-19(22)20-13-12-18-17-9-5-4-8-16(17)14-21(18)23(20)24/h3-13H,14H2,1-2H3/b15-3-. The van der Waals surface area contributed by atoms with E-state index in [1.165, 1.54) is 49.8 Å². The van der Waals surface area contributed by atoms with Crippen LogP contribution >= 0.6 is 0 Å². The van der Waals surface area contributed by atoms with Crippen LogP contribution in [0.3, 0.4) is 0 Å². The fourth-order valence-electron chi connectivity index (χ4n) is 4.18. The van der Waals surface area contributed by atoms with Crippen LogP contribution < -0.4 is 0 Å². The van der Waals surface area contributed by atoms with Crippen molar-refractivity contribution in [3.63, 3.8) is 0 Å². The largest absolute Gasteiger partial charge is 0.313 e. The van der Waals surface area contributed by atoms with Crippen LogP contribution in [0.25, 0.3) is 38.6 Å². The Labute approximate surface area is 141 Å². The lowest BCUT2D eigenvalue weighted by molar-refractivity contribution is 1.16. The molecule has 4 aromatic rings. The van der Waals surface area contributed by atoms with E-state index in [1.54, 1.807) is 0 Å². The van der Waals surface area contributed by atoms with Crippen LogP contribution in [0.5, 0.6) is 0 Å². The molecule has 0 N–H and O–H groups in total. The van der Waals surface area contributed by atoms with E-state index in [4.69, 9.17) is 0 Å². The third kappa shape index (κ3) is 1.64. The van der Waals surface area contributed by atoms with Gasteiger partial charge in [0.2, 0.25) is 0 Å². The molecule has 0 spiro atoms. The number of rotatable bonds is 1. The Morgan fingerprint density at radius 1 is 0.875 bits per heavy atom. The minimum absolute atomic E-state index is 1.02. The van der Waals surface area contributed by atoms with Crippen molar-refractivity contribution in [1.29, 1.82) is 0 Å². The monoisotopic (exact) mass is 309 g/mol. The summed E-state index contributed by atoms with van der Waals surface area (Å²) in [5.74, 6) is 0. The molecule has 1 aliphatic rings. The molecule has 0 bridgehead atoms. The molecule has 3 aromatic carbocycles. The first-order chi connectivity index (χ1) is 11.8. The minimum atomic E-state index is 1.02. The first-order valence-electron chi connectivity index (χ1n) is 8.56. The highest BCUT2D eigenvalue weighted by Crippen LogP contribution is 2.43. The number of allylic oxidation sites excluding steroid dienone is 2. The Kier molecular flexibility index (Phi) is 2.75. The average Bonchev–Trinajstić information content (AvgIpc) is 3.16. The molecule has 0 radical (unpaired) electrons. The van der Waals surface area contributed by atoms with Gasteiger partial charge < -0.3 is 4.57 Å². The molecule has 1 aliphatic carbocycles. The molecule has 1 heteroatoms. The second-order valence-electron chi connectivity index (χ2n) is 6.60. The fourth-order valence-corrected chi connectivity index (χ4v) is 4.18. The molecule has 0 saturated heterocycles. The Morgan fingerprint density at radius 3 is 2.54 bits per heavy atom. The van der Waals surface area contributed by atoms with Crippen molar-refractivity contribution in [3.05, 3.63) is 77.9 Å². The summed E-state index contributed by atoms with van der Waals surface area (Å²) in [7, 11) is 0. The number of aromatic nitrogens is 1. The topological polar surface area (TPSA) is 4.93 Å². The number of hydrogen-bond donors (Lipinski definition) is 0. The molecule has 0 atom stereocenters. The van der Waals surface area contributed by atoms with E-state index in [2.05, 4.69) is 85.2 Å². The highest BCUT2D eigenvalue weighted by atomic mass is 15.0. The summed E-state index contributed by atoms with van der Waals surface area (Å²) in [5.41, 5.74) is 9.65. The molecule has 0 fully saturated rings. The van der Waals surface area contributed by atoms with Gasteiger partial charge in [0.05, 0.1) is 11.0 Å². The summed E-state index contributed by atoms with van der Waals surface area (Å²) in [6, 6.07) is 22.2. The Morgan fingerprint density at radius 2 is 1.67 bits per heavy atom. The van der Waals surface area contributed by atoms with Crippen LogP contribution in [-0.2, 0) is 6.42 Å². The molecule has 116 valence electrons. The zero-order valence-electron chi connectivity index (χ0n) is 14.0. The smallest absolute Gasteiger partial charge is 0.0579 e. The molecular weight excluding hydrogens is 290 g/mol. The van der Waals surface area contributed by atoms with Crippen LogP contribution in [0, 0.1) is 0 Å². The van der Waals surface area contributed by atoms with E-state index >= 15 is 0 Å². The lowest BCUT2D eigenvalue weighted by Gasteiger charge is -2.10. The van der Waals surface area contributed by atoms with Crippen LogP contribution in [0.1, 0.15) is 25.0 Å². The third-order valence-corrected chi connectivity index (χ3v) is 5.39. The second-order valence-corrected chi connectivity index (χ2v) is 6.60. The van der Waals surface area contributed by atoms with Gasteiger partial charge in [-0.3, -0.25) is 0 Å². The van der Waals surface area contributed by atoms with Gasteiger partial charge in [-0.1, -0.05) is 60.7 Å². The molecule has 1 heterocycles. The van der Waals surface area contributed by atoms with Gasteiger partial charge in [-0.15, -0.1) is 0 Å². The Hall–Kier alpha value is -2.80. The van der Waals surface area contributed by atoms with Gasteiger partial charge in [0.15, 0.2) is 0 Å². The summed E-state index contributed by atoms with van der Waals surface area (Å²) >= 11 is 0. The van der Waals surface area contributed by atoms with Gasteiger partial charge in [0.25, 0.3) is 0 Å². The summed E-state index contributed by atoms with van der Waals surface area (Å²) in [6.07, 6.45) is 3.23. The molecule has 1 nitrogen and oxygen atoms in total. The van der Waals surface area contributed by atoms with E-state index in [-0.39, 0.29) is 0 Å². The van der Waals surface area contributed by atoms with Gasteiger partial charge in [-0.05, 0) is 42.2 Å². The van der Waals surface area contributed by atoms with Crippen LogP contribution in [0.2, 0.25) is 0 Å². The van der Waals surface area contributed by atoms with Crippen molar-refractivity contribution < 1.29 is 0 Å². The number of fused-ring (bicyclic) bond motifs is 7. The SMILES string of the molecule is C/C=C(/C)n1c2ccccc2c2ccc3c(c21)Cc1ccccc1-3. The molecule has 0 amide bonds. The predicted octanol–water partition coefficient (Wildman–Crippen LogP) is 6.25. The number of benzene rings is 3. The zero-order valence-corrected chi connectivity index (χ0v) is 14.0. The molecule has 24 heavy (non-hydrogen) atoms. The third-order valence-electron chi connectivity index (χ3n) is 5.39. The highest BCUT2D eigenvalue weighted by Gasteiger charge is 2.23. The fraction of sp³-hybridized carbons (Fsp3) is 0.130. The molecule has 5 rings (SSSR count). The van der Waals surface area contributed by atoms with Gasteiger partial charge in [-0.25, -0.2) is 0 Å². The van der Waals surface area contributed by atoms with E-state index in [0.717, 1.165) is 6.42 Å². The van der Waals surface area contributed by atoms with E-state index in [1.807, 2.05) is 0 Å². The van der Waals surface area contributed by atoms with Crippen LogP contribution in [0.4, 0.5) is 0 Å². The lowest BCUT2D eigenvalue weighted by atomic mass is 10.0. The van der Waals surface area contributed by atoms with Crippen molar-refractivity contribution in [3.8, 4) is 11.1 Å². The Balaban J connectivity index is 1.98. The first kappa shape index (κ1) is 13.6. The maximum Gasteiger partial charge on any atom is 0.0579 e. The van der Waals surface area contributed by atoms with E-state index < -0.39 is 0 Å². The van der Waals surface area contributed by atoms with Crippen LogP contribution in [0.15, 0.2) is 66.7 Å². The van der Waals surface area contributed by atoms with Gasteiger partial charge >= 0.3 is 0 Å². The summed E-state index contributed by atoms with van der Waals surface area (Å²) in [6.45, 7) is 4.32. The van der Waals surface area contributed by atoms with Gasteiger partial charge in [-0.2, -0.15) is 0 Å². The molecule has 0 saturated carbocycles. The highest BCUT2D eigenvalue weighted by molar-refractivity contribution is 6.13. The zero-order chi connectivity index (χ0) is 16.3. The van der Waals surface area contributed by atoms with Crippen molar-refractivity contribution >= 4 is 27.5 Å². The van der Waals surface area contributed by atoms with E-state index in [0.29, 0.717) is 0 Å². The van der Waals surface area contributed by atoms with E-state index in [9.17, 15) is 0 Å². The second kappa shape index (κ2) is 4.85. The van der Waals surface area contributed by atoms with Crippen molar-refractivity contribution in [2.24, 2.45) is 0 Å². The van der Waals surface area contributed by atoms with Gasteiger partial charge in [0.1, 0.15) is 0 Å². The predicted molar refractivity (Wildman–Crippen MR) is 103 cm³/mol. The summed E-state index contributed by atoms with van der Waals surface area (Å²) in [5, 5.41) is 2.70. The first-order valence-corrected chi connectivity index (χ1v) is 8.56. The van der Waals surface area contributed by atoms with Crippen molar-refractivity contribution in [1.82, 2.24) is 4.57 Å². The summed E-state index contributed by atoms with van der Waals surface area (Å²) < 4.78 is 2.44. The summed E-state index contributed by atoms with van der Waals surface area (Å²) in [4.78, 5) is 0. The van der Waals surface area contributed by atoms with Crippen LogP contribution in [-0.4, -0.2) is 4.57 Å². The number of hydrogen-bond acceptors (Lipinski definition) is 0. The molecule has 0 aliphatic heterocycles. The number of nitrogens with zero attached hydrogens (tertiary/aromatic N) is 1. The lowest BCUT2D eigenvalue weighted by Crippen LogP contribution is -1.96. The maximum absolute atomic E-state index is 2.44. The molecule has 1 aromatic heterocycles. The molecule has 0 unspecified atom stereocenters. The average molecular weight is 309 g/mol. The Bertz CT molecular complexity index is 1140. The van der Waals surface area contributed by atoms with Crippen molar-refractivity contribution in [2.75, 3.05) is 0 Å². The van der Waals surface area contributed by atoms with Gasteiger partial charge in [0, 0.05) is 22.9 Å². The van der Waals surface area contributed by atoms with Crippen molar-refractivity contribution in [2.45, 2.75) is 20.3 Å².